The molecule has 0 spiro atoms. The molecule has 1 amide bonds. The van der Waals surface area contributed by atoms with Crippen LogP contribution < -0.4 is 10.6 Å². The Kier molecular flexibility index (Phi) is 20.6. The van der Waals surface area contributed by atoms with Crippen LogP contribution in [0.3, 0.4) is 0 Å². The van der Waals surface area contributed by atoms with E-state index in [0.717, 1.165) is 133 Å². The quantitative estimate of drug-likeness (QED) is 0.0664. The lowest BCUT2D eigenvalue weighted by Crippen LogP contribution is -2.44. The number of hydrogen-bond donors (Lipinski definition) is 4. The van der Waals surface area contributed by atoms with Crippen molar-refractivity contribution in [1.29, 1.82) is 10.5 Å². The van der Waals surface area contributed by atoms with Crippen molar-refractivity contribution in [2.24, 2.45) is 11.8 Å². The van der Waals surface area contributed by atoms with E-state index in [4.69, 9.17) is 4.74 Å². The number of halogens is 6. The number of thiophene rings is 2. The van der Waals surface area contributed by atoms with Crippen LogP contribution in [0, 0.1) is 48.3 Å². The Morgan fingerprint density at radius 3 is 1.42 bits per heavy atom. The second kappa shape index (κ2) is 28.4. The van der Waals surface area contributed by atoms with Crippen molar-refractivity contribution >= 4 is 82.6 Å². The lowest BCUT2D eigenvalue weighted by molar-refractivity contribution is -0.127. The number of aliphatic hydroxyl groups is 2. The Morgan fingerprint density at radius 1 is 0.602 bits per heavy atom. The molecule has 12 rings (SSSR count). The maximum absolute atomic E-state index is 13.0. The largest absolute Gasteiger partial charge is 0.444 e. The van der Waals surface area contributed by atoms with Crippen molar-refractivity contribution in [2.45, 2.75) is 187 Å². The molecule has 8 aromatic rings. The molecule has 1 aliphatic carbocycles. The second-order valence-corrected chi connectivity index (χ2v) is 28.9. The molecule has 0 bridgehead atoms. The topological polar surface area (TPSA) is 210 Å². The summed E-state index contributed by atoms with van der Waals surface area (Å²) in [6.07, 6.45) is 1.43. The number of aromatic nitrogens is 6. The van der Waals surface area contributed by atoms with Gasteiger partial charge < -0.3 is 39.6 Å². The van der Waals surface area contributed by atoms with Gasteiger partial charge in [0.25, 0.3) is 0 Å². The summed E-state index contributed by atoms with van der Waals surface area (Å²) in [5.41, 5.74) is 7.12. The Labute approximate surface area is 545 Å². The van der Waals surface area contributed by atoms with Crippen LogP contribution in [0.2, 0.25) is 0 Å². The fraction of sp³-hybridized carbons (Fsp3) is 0.544. The number of carbonyl (C=O) groups excluding carboxylic acids is 1. The molecule has 496 valence electrons. The number of benzene rings is 2. The summed E-state index contributed by atoms with van der Waals surface area (Å²) in [5, 5.41) is 52.4. The van der Waals surface area contributed by atoms with E-state index in [2.05, 4.69) is 84.6 Å². The van der Waals surface area contributed by atoms with Crippen LogP contribution in [0.4, 0.5) is 42.8 Å². The van der Waals surface area contributed by atoms with Gasteiger partial charge >= 0.3 is 18.4 Å². The Morgan fingerprint density at radius 2 is 1.02 bits per heavy atom. The van der Waals surface area contributed by atoms with Gasteiger partial charge in [0.15, 0.2) is 0 Å². The van der Waals surface area contributed by atoms with E-state index < -0.39 is 43.0 Å². The van der Waals surface area contributed by atoms with E-state index >= 15 is 0 Å². The van der Waals surface area contributed by atoms with E-state index in [9.17, 15) is 51.9 Å². The van der Waals surface area contributed by atoms with Gasteiger partial charge in [-0.2, -0.15) is 36.9 Å². The van der Waals surface area contributed by atoms with Gasteiger partial charge in [-0.3, -0.25) is 9.80 Å². The first kappa shape index (κ1) is 67.3. The second-order valence-electron chi connectivity index (χ2n) is 26.7. The molecule has 0 radical (unpaired) electrons. The highest BCUT2D eigenvalue weighted by atomic mass is 32.1. The van der Waals surface area contributed by atoms with Gasteiger partial charge in [-0.25, -0.2) is 24.7 Å². The van der Waals surface area contributed by atoms with Crippen molar-refractivity contribution in [3.8, 4) is 12.1 Å². The number of hydrogen-bond acceptors (Lipinski definition) is 16. The number of piperidine rings is 3. The first-order chi connectivity index (χ1) is 44.3. The van der Waals surface area contributed by atoms with Crippen LogP contribution in [0.15, 0.2) is 61.2 Å². The number of fused-ring (bicyclic) bond motifs is 4. The highest BCUT2D eigenvalue weighted by molar-refractivity contribution is 7.19. The van der Waals surface area contributed by atoms with Crippen LogP contribution in [0.25, 0.3) is 42.2 Å². The van der Waals surface area contributed by atoms with Gasteiger partial charge in [0, 0.05) is 96.0 Å². The monoisotopic (exact) mass is 1320 g/mol. The first-order valence-electron chi connectivity index (χ1n) is 32.3. The third kappa shape index (κ3) is 16.5. The molecule has 6 aromatic heterocycles. The van der Waals surface area contributed by atoms with Gasteiger partial charge in [-0.05, 0) is 156 Å². The molecule has 1 saturated carbocycles. The van der Waals surface area contributed by atoms with Crippen molar-refractivity contribution < 1.29 is 46.1 Å². The van der Waals surface area contributed by atoms with Gasteiger partial charge in [-0.15, -0.1) is 22.7 Å². The first-order valence-corrected chi connectivity index (χ1v) is 33.9. The van der Waals surface area contributed by atoms with Gasteiger partial charge in [0.05, 0.1) is 48.9 Å². The molecule has 17 nitrogen and oxygen atoms in total. The number of likely N-dealkylation sites (tertiary alicyclic amines) is 3. The highest BCUT2D eigenvalue weighted by Gasteiger charge is 2.34. The number of nitriles is 2. The van der Waals surface area contributed by atoms with Crippen molar-refractivity contribution in [3.63, 3.8) is 0 Å². The molecule has 4 N–H and O–H groups in total. The van der Waals surface area contributed by atoms with E-state index in [-0.39, 0.29) is 33.8 Å². The predicted octanol–water partition coefficient (Wildman–Crippen LogP) is 14.0. The maximum Gasteiger partial charge on any atom is 0.410 e. The lowest BCUT2D eigenvalue weighted by atomic mass is 9.85. The van der Waals surface area contributed by atoms with Crippen molar-refractivity contribution in [3.05, 3.63) is 105 Å². The number of nitrogens with one attached hydrogen (secondary N) is 2. The van der Waals surface area contributed by atoms with E-state index in [0.29, 0.717) is 88.4 Å². The minimum Gasteiger partial charge on any atom is -0.444 e. The van der Waals surface area contributed by atoms with E-state index in [1.165, 1.54) is 43.0 Å². The number of nitrogens with zero attached hydrogens (tertiary/aromatic N) is 11. The summed E-state index contributed by atoms with van der Waals surface area (Å²) in [5.74, 6) is 1.48. The molecule has 4 fully saturated rings. The fourth-order valence-electron chi connectivity index (χ4n) is 13.9. The smallest absolute Gasteiger partial charge is 0.410 e. The summed E-state index contributed by atoms with van der Waals surface area (Å²) in [4.78, 5) is 37.6. The number of carbonyl (C=O) groups is 1. The zero-order valence-corrected chi connectivity index (χ0v) is 54.8. The highest BCUT2D eigenvalue weighted by Crippen LogP contribution is 2.38. The zero-order chi connectivity index (χ0) is 65.9. The minimum atomic E-state index is -4.27. The molecular formula is C68H81F6N13O4S2. The van der Waals surface area contributed by atoms with Crippen molar-refractivity contribution in [1.82, 2.24) is 43.8 Å². The molecular weight excluding hydrogens is 1240 g/mol. The van der Waals surface area contributed by atoms with Gasteiger partial charge in [0.1, 0.15) is 63.1 Å². The standard InChI is InChI=1S/C36H44F3N7O3S.C32H37F3N6OS/c1-22-24(19-44-11-9-25(10-12-44)43-32-29-16-27(17-36(37,38)39)50-33(29)42-21-41-32)5-6-30-28(22)15-26(18-40)46(30)20-31(47)23-7-13-45(14-8-23)34(48)49-35(2,3)4;1-20-22(7-8-28-26(20)13-24(16-36)41(28)18-29(42)21-5-3-2-4-6-21)17-40-11-9-23(10-12-40)39-30-27-14-25(15-32(33,34)35)43-31(27)38-19-37-30/h5-6,15-16,21,23,25,31,47H,7-14,17,19-20H2,1-4H3,(H,41,42,43);7-8,13-14,19,21,23,29,42H,2-6,9-12,15,17-18H2,1H3,(H,37,38,39). The molecule has 3 aliphatic heterocycles. The summed E-state index contributed by atoms with van der Waals surface area (Å²) in [6, 6.07) is 20.4. The molecule has 93 heavy (non-hydrogen) atoms. The zero-order valence-electron chi connectivity index (χ0n) is 53.2. The minimum absolute atomic E-state index is 0.00735. The summed E-state index contributed by atoms with van der Waals surface area (Å²) < 4.78 is 87.0. The number of ether oxygens (including phenoxy) is 1. The number of rotatable bonds is 16. The molecule has 2 aromatic carbocycles. The fourth-order valence-corrected chi connectivity index (χ4v) is 16.0. The summed E-state index contributed by atoms with van der Waals surface area (Å²) in [7, 11) is 0. The Hall–Kier alpha value is -7.13. The number of alkyl halides is 6. The van der Waals surface area contributed by atoms with Gasteiger partial charge in [0.2, 0.25) is 0 Å². The normalized spacial score (nSPS) is 18.0. The van der Waals surface area contributed by atoms with Crippen LogP contribution in [0.1, 0.15) is 135 Å². The number of aryl methyl sites for hydroxylation is 2. The predicted molar refractivity (Wildman–Crippen MR) is 350 cm³/mol. The summed E-state index contributed by atoms with van der Waals surface area (Å²) in [6.45, 7) is 16.5. The Bertz CT molecular complexity index is 4020. The van der Waals surface area contributed by atoms with Crippen molar-refractivity contribution in [2.75, 3.05) is 49.9 Å². The molecule has 3 saturated heterocycles. The van der Waals surface area contributed by atoms with E-state index in [1.54, 1.807) is 17.0 Å². The number of aliphatic hydroxyl groups excluding tert-OH is 2. The third-order valence-corrected chi connectivity index (χ3v) is 21.1. The SMILES string of the molecule is Cc1c(CN2CCC(Nc3ncnc4sc(CC(F)(F)F)cc34)CC2)ccc2c1cc(C#N)n2CC(O)C1CCCCC1.Cc1c(CN2CCC(Nc3ncnc4sc(CC(F)(F)F)cc34)CC2)ccc2c1cc(C#N)n2CC(O)C1CCN(C(=O)OC(C)(C)C)CC1. The maximum atomic E-state index is 13.0. The van der Waals surface area contributed by atoms with Crippen LogP contribution in [-0.4, -0.2) is 142 Å². The van der Waals surface area contributed by atoms with Gasteiger partial charge in [-0.1, -0.05) is 31.4 Å². The average molecular weight is 1320 g/mol. The molecule has 4 aliphatic rings. The molecule has 9 heterocycles. The molecule has 2 unspecified atom stereocenters. The lowest BCUT2D eigenvalue weighted by Gasteiger charge is -2.35. The third-order valence-electron chi connectivity index (χ3n) is 19.0. The van der Waals surface area contributed by atoms with Crippen LogP contribution in [0.5, 0.6) is 0 Å². The summed E-state index contributed by atoms with van der Waals surface area (Å²) >= 11 is 2.12. The average Bonchev–Trinajstić information content (AvgIpc) is 1.66. The number of anilines is 2. The number of amides is 1. The molecule has 2 atom stereocenters. The Balaban J connectivity index is 0.000000192. The van der Waals surface area contributed by atoms with Crippen LogP contribution in [-0.2, 0) is 43.8 Å². The van der Waals surface area contributed by atoms with Crippen LogP contribution >= 0.6 is 22.7 Å². The van der Waals surface area contributed by atoms with E-state index in [1.807, 2.05) is 48.1 Å². The molecule has 25 heteroatoms.